The summed E-state index contributed by atoms with van der Waals surface area (Å²) in [5.74, 6) is -0.199. The van der Waals surface area contributed by atoms with Crippen LogP contribution in [-0.2, 0) is 27.7 Å². The molecule has 1 saturated heterocycles. The topological polar surface area (TPSA) is 90.1 Å². The lowest BCUT2D eigenvalue weighted by Gasteiger charge is -2.35. The summed E-state index contributed by atoms with van der Waals surface area (Å²) < 4.78 is 27.6. The Morgan fingerprint density at radius 2 is 2.12 bits per heavy atom. The Labute approximate surface area is 147 Å². The number of nitrogens with zero attached hydrogens (tertiary/aromatic N) is 5. The van der Waals surface area contributed by atoms with Crippen LogP contribution in [0.15, 0.2) is 18.5 Å². The normalized spacial score (nSPS) is 20.0. The first kappa shape index (κ1) is 17.7. The van der Waals surface area contributed by atoms with Crippen LogP contribution in [0.5, 0.6) is 0 Å². The molecule has 136 valence electrons. The molecule has 1 aliphatic heterocycles. The SMILES string of the molecule is CCn1cc(C2CS(=O)(=O)CCN2C(=O)Cn2nc(C)cc2C)cn1. The Balaban J connectivity index is 1.86. The quantitative estimate of drug-likeness (QED) is 0.796. The van der Waals surface area contributed by atoms with E-state index in [1.807, 2.05) is 33.0 Å². The summed E-state index contributed by atoms with van der Waals surface area (Å²) in [4.78, 5) is 14.5. The lowest BCUT2D eigenvalue weighted by molar-refractivity contribution is -0.134. The van der Waals surface area contributed by atoms with E-state index in [-0.39, 0.29) is 30.5 Å². The van der Waals surface area contributed by atoms with Gasteiger partial charge >= 0.3 is 0 Å². The zero-order valence-electron chi connectivity index (χ0n) is 14.7. The third-order valence-electron chi connectivity index (χ3n) is 4.50. The molecule has 1 amide bonds. The fourth-order valence-electron chi connectivity index (χ4n) is 3.16. The third-order valence-corrected chi connectivity index (χ3v) is 6.13. The molecule has 3 heterocycles. The van der Waals surface area contributed by atoms with Crippen molar-refractivity contribution in [2.45, 2.75) is 39.9 Å². The summed E-state index contributed by atoms with van der Waals surface area (Å²) in [6, 6.07) is 1.42. The van der Waals surface area contributed by atoms with Gasteiger partial charge in [0.2, 0.25) is 5.91 Å². The lowest BCUT2D eigenvalue weighted by Crippen LogP contribution is -2.47. The number of sulfone groups is 1. The molecule has 0 N–H and O–H groups in total. The van der Waals surface area contributed by atoms with Gasteiger partial charge in [-0.25, -0.2) is 8.42 Å². The molecule has 2 aromatic rings. The number of carbonyl (C=O) groups is 1. The largest absolute Gasteiger partial charge is 0.332 e. The van der Waals surface area contributed by atoms with Crippen molar-refractivity contribution in [1.29, 1.82) is 0 Å². The van der Waals surface area contributed by atoms with Crippen molar-refractivity contribution < 1.29 is 13.2 Å². The second-order valence-corrected chi connectivity index (χ2v) is 8.66. The van der Waals surface area contributed by atoms with Gasteiger partial charge in [-0.15, -0.1) is 0 Å². The van der Waals surface area contributed by atoms with Crippen molar-refractivity contribution in [3.63, 3.8) is 0 Å². The van der Waals surface area contributed by atoms with Gasteiger partial charge in [-0.1, -0.05) is 0 Å². The molecule has 1 fully saturated rings. The molecule has 0 bridgehead atoms. The van der Waals surface area contributed by atoms with E-state index in [1.54, 1.807) is 20.5 Å². The van der Waals surface area contributed by atoms with Crippen LogP contribution in [0.2, 0.25) is 0 Å². The second kappa shape index (κ2) is 6.62. The second-order valence-electron chi connectivity index (χ2n) is 6.43. The van der Waals surface area contributed by atoms with Gasteiger partial charge in [0, 0.05) is 30.5 Å². The molecule has 3 rings (SSSR count). The minimum absolute atomic E-state index is 0.00568. The van der Waals surface area contributed by atoms with E-state index in [0.29, 0.717) is 6.54 Å². The first-order valence-corrected chi connectivity index (χ1v) is 10.1. The average molecular weight is 365 g/mol. The van der Waals surface area contributed by atoms with E-state index in [4.69, 9.17) is 0 Å². The van der Waals surface area contributed by atoms with Crippen molar-refractivity contribution in [1.82, 2.24) is 24.5 Å². The van der Waals surface area contributed by atoms with Gasteiger partial charge in [0.1, 0.15) is 6.54 Å². The van der Waals surface area contributed by atoms with E-state index < -0.39 is 15.9 Å². The number of rotatable bonds is 4. The number of hydrogen-bond donors (Lipinski definition) is 0. The smallest absolute Gasteiger partial charge is 0.244 e. The molecule has 8 nitrogen and oxygen atoms in total. The highest BCUT2D eigenvalue weighted by Crippen LogP contribution is 2.27. The summed E-state index contributed by atoms with van der Waals surface area (Å²) in [7, 11) is -3.17. The maximum atomic E-state index is 12.8. The predicted molar refractivity (Wildman–Crippen MR) is 92.7 cm³/mol. The number of carbonyl (C=O) groups excluding carboxylic acids is 1. The van der Waals surface area contributed by atoms with Crippen LogP contribution < -0.4 is 0 Å². The van der Waals surface area contributed by atoms with Crippen LogP contribution in [-0.4, -0.2) is 56.8 Å². The van der Waals surface area contributed by atoms with Crippen LogP contribution in [0, 0.1) is 13.8 Å². The van der Waals surface area contributed by atoms with Crippen molar-refractivity contribution in [2.24, 2.45) is 0 Å². The minimum atomic E-state index is -3.17. The minimum Gasteiger partial charge on any atom is -0.332 e. The van der Waals surface area contributed by atoms with Crippen LogP contribution in [0.1, 0.15) is 29.9 Å². The van der Waals surface area contributed by atoms with Gasteiger partial charge in [-0.3, -0.25) is 14.2 Å². The van der Waals surface area contributed by atoms with Crippen molar-refractivity contribution in [3.05, 3.63) is 35.4 Å². The fourth-order valence-corrected chi connectivity index (χ4v) is 4.66. The van der Waals surface area contributed by atoms with E-state index in [1.165, 1.54) is 0 Å². The monoisotopic (exact) mass is 365 g/mol. The Kier molecular flexibility index (Phi) is 4.68. The molecule has 2 aromatic heterocycles. The third kappa shape index (κ3) is 3.76. The Hall–Kier alpha value is -2.16. The molecule has 9 heteroatoms. The highest BCUT2D eigenvalue weighted by molar-refractivity contribution is 7.91. The molecule has 0 spiro atoms. The molecule has 1 unspecified atom stereocenters. The van der Waals surface area contributed by atoms with Crippen LogP contribution in [0.3, 0.4) is 0 Å². The molecule has 1 aliphatic rings. The lowest BCUT2D eigenvalue weighted by atomic mass is 10.1. The van der Waals surface area contributed by atoms with Crippen LogP contribution in [0.25, 0.3) is 0 Å². The van der Waals surface area contributed by atoms with Crippen molar-refractivity contribution >= 4 is 15.7 Å². The number of aryl methyl sites for hydroxylation is 3. The van der Waals surface area contributed by atoms with E-state index >= 15 is 0 Å². The summed E-state index contributed by atoms with van der Waals surface area (Å²) in [5.41, 5.74) is 2.52. The first-order chi connectivity index (χ1) is 11.8. The molecule has 25 heavy (non-hydrogen) atoms. The summed E-state index contributed by atoms with van der Waals surface area (Å²) in [6.45, 7) is 6.74. The molecule has 1 atom stereocenters. The first-order valence-electron chi connectivity index (χ1n) is 8.32. The van der Waals surface area contributed by atoms with Gasteiger partial charge in [-0.05, 0) is 26.8 Å². The Morgan fingerprint density at radius 3 is 2.72 bits per heavy atom. The molecule has 0 aliphatic carbocycles. The Morgan fingerprint density at radius 1 is 1.36 bits per heavy atom. The van der Waals surface area contributed by atoms with Crippen LogP contribution in [0.4, 0.5) is 0 Å². The van der Waals surface area contributed by atoms with Crippen molar-refractivity contribution in [2.75, 3.05) is 18.1 Å². The zero-order chi connectivity index (χ0) is 18.2. The highest BCUT2D eigenvalue weighted by Gasteiger charge is 2.36. The maximum absolute atomic E-state index is 12.8. The van der Waals surface area contributed by atoms with E-state index in [9.17, 15) is 13.2 Å². The van der Waals surface area contributed by atoms with E-state index in [2.05, 4.69) is 10.2 Å². The number of hydrogen-bond acceptors (Lipinski definition) is 5. The summed E-state index contributed by atoms with van der Waals surface area (Å²) in [5, 5.41) is 8.54. The molecule has 0 aromatic carbocycles. The van der Waals surface area contributed by atoms with Gasteiger partial charge in [0.15, 0.2) is 9.84 Å². The van der Waals surface area contributed by atoms with Gasteiger partial charge in [0.25, 0.3) is 0 Å². The fraction of sp³-hybridized carbons (Fsp3) is 0.562. The number of amides is 1. The van der Waals surface area contributed by atoms with Crippen LogP contribution >= 0.6 is 0 Å². The molecule has 0 saturated carbocycles. The molecular weight excluding hydrogens is 342 g/mol. The predicted octanol–water partition coefficient (Wildman–Crippen LogP) is 0.715. The summed E-state index contributed by atoms with van der Waals surface area (Å²) in [6.07, 6.45) is 3.47. The van der Waals surface area contributed by atoms with Gasteiger partial charge in [-0.2, -0.15) is 10.2 Å². The van der Waals surface area contributed by atoms with E-state index in [0.717, 1.165) is 17.0 Å². The zero-order valence-corrected chi connectivity index (χ0v) is 15.5. The maximum Gasteiger partial charge on any atom is 0.244 e. The van der Waals surface area contributed by atoms with Gasteiger partial charge < -0.3 is 4.90 Å². The molecular formula is C16H23N5O3S. The van der Waals surface area contributed by atoms with Gasteiger partial charge in [0.05, 0.1) is 29.4 Å². The highest BCUT2D eigenvalue weighted by atomic mass is 32.2. The standard InChI is InChI=1S/C16H23N5O3S/c1-4-19-9-14(8-17-19)15-11-25(23,24)6-5-20(15)16(22)10-21-13(3)7-12(2)18-21/h7-9,15H,4-6,10-11H2,1-3H3. The Bertz CT molecular complexity index is 883. The summed E-state index contributed by atoms with van der Waals surface area (Å²) >= 11 is 0. The average Bonchev–Trinajstić information content (AvgIpc) is 3.13. The number of aromatic nitrogens is 4. The molecule has 0 radical (unpaired) electrons. The van der Waals surface area contributed by atoms with Crippen molar-refractivity contribution in [3.8, 4) is 0 Å².